The average molecular weight is 206 g/mol. The number of likely N-dealkylation sites (tertiary alicyclic amines) is 1. The van der Waals surface area contributed by atoms with Crippen LogP contribution in [0.5, 0.6) is 0 Å². The first kappa shape index (κ1) is 10.8. The van der Waals surface area contributed by atoms with E-state index in [0.717, 1.165) is 25.9 Å². The van der Waals surface area contributed by atoms with E-state index in [-0.39, 0.29) is 12.5 Å². The summed E-state index contributed by atoms with van der Waals surface area (Å²) in [5.74, 6) is 0.382. The molecule has 1 atom stereocenters. The minimum Gasteiger partial charge on any atom is -0.396 e. The first-order chi connectivity index (χ1) is 6.15. The highest BCUT2D eigenvalue weighted by Gasteiger charge is 2.24. The number of aliphatic hydroxyl groups excluding tert-OH is 1. The highest BCUT2D eigenvalue weighted by Crippen LogP contribution is 2.17. The van der Waals surface area contributed by atoms with Gasteiger partial charge in [0.2, 0.25) is 5.91 Å². The number of carbonyl (C=O) groups is 1. The van der Waals surface area contributed by atoms with Crippen LogP contribution in [0.1, 0.15) is 19.8 Å². The molecule has 1 N–H and O–H groups in total. The fraction of sp³-hybridized carbons (Fsp3) is 0.889. The van der Waals surface area contributed by atoms with Crippen molar-refractivity contribution in [1.82, 2.24) is 4.90 Å². The number of amides is 1. The topological polar surface area (TPSA) is 40.5 Å². The van der Waals surface area contributed by atoms with E-state index >= 15 is 0 Å². The lowest BCUT2D eigenvalue weighted by Gasteiger charge is -2.31. The summed E-state index contributed by atoms with van der Waals surface area (Å²) in [5, 5.41) is 8.47. The molecule has 1 aliphatic rings. The van der Waals surface area contributed by atoms with Gasteiger partial charge < -0.3 is 10.0 Å². The molecule has 76 valence electrons. The Labute approximate surface area is 83.7 Å². The van der Waals surface area contributed by atoms with Crippen LogP contribution in [-0.4, -0.2) is 41.0 Å². The van der Waals surface area contributed by atoms with Gasteiger partial charge in [0.25, 0.3) is 0 Å². The van der Waals surface area contributed by atoms with Gasteiger partial charge in [-0.1, -0.05) is 0 Å². The zero-order valence-electron chi connectivity index (χ0n) is 7.87. The van der Waals surface area contributed by atoms with Gasteiger partial charge in [0.1, 0.15) is 5.38 Å². The number of piperidine rings is 1. The Bertz CT molecular complexity index is 176. The summed E-state index contributed by atoms with van der Waals surface area (Å²) in [4.78, 5) is 13.2. The summed E-state index contributed by atoms with van der Waals surface area (Å²) in [5.41, 5.74) is 0. The van der Waals surface area contributed by atoms with Crippen molar-refractivity contribution in [2.24, 2.45) is 5.92 Å². The summed E-state index contributed by atoms with van der Waals surface area (Å²) < 4.78 is 0. The second-order valence-corrected chi connectivity index (χ2v) is 4.22. The number of nitrogens with zero attached hydrogens (tertiary/aromatic N) is 1. The molecule has 1 heterocycles. The average Bonchev–Trinajstić information content (AvgIpc) is 2.17. The molecule has 1 rings (SSSR count). The number of alkyl halides is 1. The van der Waals surface area contributed by atoms with Crippen molar-refractivity contribution in [3.05, 3.63) is 0 Å². The Morgan fingerprint density at radius 2 is 2.15 bits per heavy atom. The smallest absolute Gasteiger partial charge is 0.240 e. The molecule has 1 amide bonds. The van der Waals surface area contributed by atoms with Crippen molar-refractivity contribution in [1.29, 1.82) is 0 Å². The molecular formula is C9H16ClNO2. The predicted octanol–water partition coefficient (Wildman–Crippen LogP) is 0.845. The van der Waals surface area contributed by atoms with Crippen molar-refractivity contribution in [3.63, 3.8) is 0 Å². The lowest BCUT2D eigenvalue weighted by Crippen LogP contribution is -2.42. The minimum absolute atomic E-state index is 0.0121. The van der Waals surface area contributed by atoms with Crippen LogP contribution < -0.4 is 0 Å². The van der Waals surface area contributed by atoms with Gasteiger partial charge in [-0.3, -0.25) is 4.79 Å². The van der Waals surface area contributed by atoms with E-state index < -0.39 is 5.38 Å². The van der Waals surface area contributed by atoms with E-state index in [4.69, 9.17) is 16.7 Å². The quantitative estimate of drug-likeness (QED) is 0.679. The van der Waals surface area contributed by atoms with Gasteiger partial charge in [-0.05, 0) is 25.7 Å². The molecule has 0 aromatic heterocycles. The third-order valence-corrected chi connectivity index (χ3v) is 2.71. The largest absolute Gasteiger partial charge is 0.396 e. The van der Waals surface area contributed by atoms with Gasteiger partial charge >= 0.3 is 0 Å². The summed E-state index contributed by atoms with van der Waals surface area (Å²) >= 11 is 5.69. The van der Waals surface area contributed by atoms with Gasteiger partial charge in [-0.15, -0.1) is 11.6 Å². The van der Waals surface area contributed by atoms with Crippen LogP contribution in [0.3, 0.4) is 0 Å². The summed E-state index contributed by atoms with van der Waals surface area (Å²) in [7, 11) is 0. The summed E-state index contributed by atoms with van der Waals surface area (Å²) in [6.07, 6.45) is 1.79. The second kappa shape index (κ2) is 4.82. The van der Waals surface area contributed by atoms with Gasteiger partial charge in [0.05, 0.1) is 0 Å². The second-order valence-electron chi connectivity index (χ2n) is 3.57. The predicted molar refractivity (Wildman–Crippen MR) is 51.7 cm³/mol. The number of rotatable bonds is 2. The normalized spacial score (nSPS) is 21.6. The Morgan fingerprint density at radius 3 is 2.54 bits per heavy atom. The van der Waals surface area contributed by atoms with Crippen molar-refractivity contribution < 1.29 is 9.90 Å². The number of hydrogen-bond donors (Lipinski definition) is 1. The first-order valence-electron chi connectivity index (χ1n) is 4.69. The Kier molecular flexibility index (Phi) is 4.00. The maximum atomic E-state index is 11.4. The van der Waals surface area contributed by atoms with Crippen molar-refractivity contribution in [2.45, 2.75) is 25.1 Å². The van der Waals surface area contributed by atoms with Gasteiger partial charge in [0, 0.05) is 19.7 Å². The van der Waals surface area contributed by atoms with Crippen LogP contribution in [-0.2, 0) is 4.79 Å². The van der Waals surface area contributed by atoms with Crippen LogP contribution in [0, 0.1) is 5.92 Å². The molecular weight excluding hydrogens is 190 g/mol. The number of hydrogen-bond acceptors (Lipinski definition) is 2. The molecule has 1 aliphatic heterocycles. The van der Waals surface area contributed by atoms with E-state index in [1.807, 2.05) is 0 Å². The molecule has 0 spiro atoms. The number of aliphatic hydroxyl groups is 1. The van der Waals surface area contributed by atoms with E-state index in [0.29, 0.717) is 5.92 Å². The molecule has 1 saturated heterocycles. The van der Waals surface area contributed by atoms with E-state index in [1.165, 1.54) is 0 Å². The van der Waals surface area contributed by atoms with Crippen LogP contribution in [0.25, 0.3) is 0 Å². The zero-order valence-corrected chi connectivity index (χ0v) is 8.63. The van der Waals surface area contributed by atoms with E-state index in [1.54, 1.807) is 11.8 Å². The van der Waals surface area contributed by atoms with Crippen molar-refractivity contribution in [3.8, 4) is 0 Å². The Morgan fingerprint density at radius 1 is 1.62 bits per heavy atom. The van der Waals surface area contributed by atoms with Crippen molar-refractivity contribution >= 4 is 17.5 Å². The highest BCUT2D eigenvalue weighted by molar-refractivity contribution is 6.30. The molecule has 4 heteroatoms. The van der Waals surface area contributed by atoms with Crippen LogP contribution in [0.15, 0.2) is 0 Å². The van der Waals surface area contributed by atoms with Crippen molar-refractivity contribution in [2.75, 3.05) is 19.7 Å². The lowest BCUT2D eigenvalue weighted by molar-refractivity contribution is -0.132. The maximum absolute atomic E-state index is 11.4. The molecule has 13 heavy (non-hydrogen) atoms. The Balaban J connectivity index is 2.36. The SMILES string of the molecule is CC(Cl)C(=O)N1CCC(CO)CC1. The fourth-order valence-corrected chi connectivity index (χ4v) is 1.73. The molecule has 0 radical (unpaired) electrons. The third-order valence-electron chi connectivity index (χ3n) is 2.52. The minimum atomic E-state index is -0.425. The monoisotopic (exact) mass is 205 g/mol. The zero-order chi connectivity index (χ0) is 9.84. The molecule has 0 aliphatic carbocycles. The summed E-state index contributed by atoms with van der Waals surface area (Å²) in [6.45, 7) is 3.41. The van der Waals surface area contributed by atoms with E-state index in [9.17, 15) is 4.79 Å². The third kappa shape index (κ3) is 2.85. The van der Waals surface area contributed by atoms with E-state index in [2.05, 4.69) is 0 Å². The molecule has 1 unspecified atom stereocenters. The highest BCUT2D eigenvalue weighted by atomic mass is 35.5. The summed E-state index contributed by atoms with van der Waals surface area (Å²) in [6, 6.07) is 0. The lowest BCUT2D eigenvalue weighted by atomic mass is 9.98. The standard InChI is InChI=1S/C9H16ClNO2/c1-7(10)9(13)11-4-2-8(6-12)3-5-11/h7-8,12H,2-6H2,1H3. The molecule has 1 fully saturated rings. The van der Waals surface area contributed by atoms with Crippen LogP contribution in [0.4, 0.5) is 0 Å². The molecule has 0 aromatic rings. The molecule has 3 nitrogen and oxygen atoms in total. The fourth-order valence-electron chi connectivity index (χ4n) is 1.59. The number of carbonyl (C=O) groups excluding carboxylic acids is 1. The molecule has 0 aromatic carbocycles. The number of halogens is 1. The molecule has 0 bridgehead atoms. The van der Waals surface area contributed by atoms with Crippen LogP contribution >= 0.6 is 11.6 Å². The Hall–Kier alpha value is -0.280. The maximum Gasteiger partial charge on any atom is 0.240 e. The molecule has 0 saturated carbocycles. The van der Waals surface area contributed by atoms with Crippen LogP contribution in [0.2, 0.25) is 0 Å². The van der Waals surface area contributed by atoms with Gasteiger partial charge in [0.15, 0.2) is 0 Å². The van der Waals surface area contributed by atoms with Gasteiger partial charge in [-0.2, -0.15) is 0 Å². The van der Waals surface area contributed by atoms with Gasteiger partial charge in [-0.25, -0.2) is 0 Å². The first-order valence-corrected chi connectivity index (χ1v) is 5.12.